The summed E-state index contributed by atoms with van der Waals surface area (Å²) in [5, 5.41) is 4.50. The minimum Gasteiger partial charge on any atom is -0.322 e. The van der Waals surface area contributed by atoms with Crippen LogP contribution >= 0.6 is 0 Å². The monoisotopic (exact) mass is 421 g/mol. The molecule has 0 unspecified atom stereocenters. The molecule has 2 heterocycles. The summed E-state index contributed by atoms with van der Waals surface area (Å²) in [5.41, 5.74) is 4.85. The number of hydrazine groups is 2. The highest BCUT2D eigenvalue weighted by atomic mass is 16.2. The standard InChI is InChI=1S/C23H43N5O2/c1-6-9-15-26-17-20(27(24-26)16-10-7-2)13-11-12-14-25-18-21(19(4)5)28(23(25)30)22(29)8-3/h17,19,21,24H,6-16,18H2,1-5H3/t21-/m1/s1. The summed E-state index contributed by atoms with van der Waals surface area (Å²) in [4.78, 5) is 28.4. The molecule has 2 aliphatic heterocycles. The molecule has 7 nitrogen and oxygen atoms in total. The van der Waals surface area contributed by atoms with Gasteiger partial charge < -0.3 is 4.90 Å². The molecule has 0 bridgehead atoms. The number of nitrogens with one attached hydrogen (secondary N) is 1. The smallest absolute Gasteiger partial charge is 0.322 e. The zero-order chi connectivity index (χ0) is 22.1. The van der Waals surface area contributed by atoms with Crippen LogP contribution in [0.3, 0.4) is 0 Å². The Kier molecular flexibility index (Phi) is 9.95. The van der Waals surface area contributed by atoms with Crippen molar-refractivity contribution in [1.29, 1.82) is 0 Å². The molecule has 0 spiro atoms. The van der Waals surface area contributed by atoms with Gasteiger partial charge >= 0.3 is 6.03 Å². The zero-order valence-corrected chi connectivity index (χ0v) is 19.8. The normalized spacial score (nSPS) is 19.5. The number of imide groups is 1. The van der Waals surface area contributed by atoms with Crippen molar-refractivity contribution in [3.05, 3.63) is 11.9 Å². The minimum atomic E-state index is -0.0994. The number of urea groups is 1. The van der Waals surface area contributed by atoms with Crippen molar-refractivity contribution in [2.45, 2.75) is 92.0 Å². The van der Waals surface area contributed by atoms with E-state index in [0.717, 1.165) is 38.9 Å². The maximum Gasteiger partial charge on any atom is 0.327 e. The van der Waals surface area contributed by atoms with Gasteiger partial charge in [0.2, 0.25) is 5.91 Å². The van der Waals surface area contributed by atoms with Crippen LogP contribution in [-0.2, 0) is 4.79 Å². The van der Waals surface area contributed by atoms with Gasteiger partial charge in [-0.25, -0.2) is 4.79 Å². The number of unbranched alkanes of at least 4 members (excludes halogenated alkanes) is 3. The molecule has 1 fully saturated rings. The van der Waals surface area contributed by atoms with Gasteiger partial charge in [-0.3, -0.25) is 19.7 Å². The zero-order valence-electron chi connectivity index (χ0n) is 19.8. The second kappa shape index (κ2) is 12.2. The van der Waals surface area contributed by atoms with Crippen LogP contribution in [-0.4, -0.2) is 64.0 Å². The van der Waals surface area contributed by atoms with E-state index in [9.17, 15) is 9.59 Å². The van der Waals surface area contributed by atoms with E-state index in [0.29, 0.717) is 13.0 Å². The van der Waals surface area contributed by atoms with Crippen LogP contribution in [0.5, 0.6) is 0 Å². The summed E-state index contributed by atoms with van der Waals surface area (Å²) in [6.45, 7) is 13.9. The Labute approximate surface area is 183 Å². The van der Waals surface area contributed by atoms with E-state index >= 15 is 0 Å². The lowest BCUT2D eigenvalue weighted by molar-refractivity contribution is -0.129. The topological polar surface area (TPSA) is 59.1 Å². The van der Waals surface area contributed by atoms with Gasteiger partial charge in [0.05, 0.1) is 6.04 Å². The van der Waals surface area contributed by atoms with E-state index in [2.05, 4.69) is 49.4 Å². The molecule has 0 aliphatic carbocycles. The molecular formula is C23H43N5O2. The van der Waals surface area contributed by atoms with Crippen molar-refractivity contribution in [2.24, 2.45) is 5.92 Å². The van der Waals surface area contributed by atoms with Crippen molar-refractivity contribution in [3.8, 4) is 0 Å². The summed E-state index contributed by atoms with van der Waals surface area (Å²) < 4.78 is 0. The molecule has 0 saturated carbocycles. The van der Waals surface area contributed by atoms with Gasteiger partial charge in [-0.1, -0.05) is 47.5 Å². The lowest BCUT2D eigenvalue weighted by atomic mass is 10.0. The number of amides is 3. The van der Waals surface area contributed by atoms with E-state index in [1.165, 1.54) is 36.3 Å². The maximum absolute atomic E-state index is 12.8. The van der Waals surface area contributed by atoms with Crippen molar-refractivity contribution >= 4 is 11.9 Å². The highest BCUT2D eigenvalue weighted by Crippen LogP contribution is 2.24. The average molecular weight is 422 g/mol. The Balaban J connectivity index is 1.85. The third-order valence-corrected chi connectivity index (χ3v) is 6.06. The van der Waals surface area contributed by atoms with Crippen LogP contribution in [0.2, 0.25) is 0 Å². The highest BCUT2D eigenvalue weighted by molar-refractivity contribution is 5.96. The molecule has 1 saturated heterocycles. The van der Waals surface area contributed by atoms with Gasteiger partial charge in [0.1, 0.15) is 0 Å². The fourth-order valence-corrected chi connectivity index (χ4v) is 4.10. The number of hydrogen-bond donors (Lipinski definition) is 1. The molecule has 172 valence electrons. The lowest BCUT2D eigenvalue weighted by Crippen LogP contribution is -2.42. The van der Waals surface area contributed by atoms with Crippen molar-refractivity contribution in [3.63, 3.8) is 0 Å². The molecular weight excluding hydrogens is 378 g/mol. The predicted octanol–water partition coefficient (Wildman–Crippen LogP) is 4.33. The van der Waals surface area contributed by atoms with Crippen molar-refractivity contribution in [1.82, 2.24) is 25.4 Å². The van der Waals surface area contributed by atoms with Crippen LogP contribution in [0.1, 0.15) is 86.0 Å². The predicted molar refractivity (Wildman–Crippen MR) is 121 cm³/mol. The summed E-state index contributed by atoms with van der Waals surface area (Å²) in [6, 6.07) is -0.0963. The van der Waals surface area contributed by atoms with Crippen LogP contribution in [0.15, 0.2) is 11.9 Å². The lowest BCUT2D eigenvalue weighted by Gasteiger charge is -2.25. The number of carbonyl (C=O) groups excluding carboxylic acids is 2. The maximum atomic E-state index is 12.8. The van der Waals surface area contributed by atoms with Gasteiger partial charge in [-0.05, 0) is 38.0 Å². The number of carbonyl (C=O) groups is 2. The Morgan fingerprint density at radius 2 is 1.77 bits per heavy atom. The minimum absolute atomic E-state index is 0.00310. The summed E-state index contributed by atoms with van der Waals surface area (Å²) in [7, 11) is 0. The van der Waals surface area contributed by atoms with E-state index in [-0.39, 0.29) is 23.9 Å². The number of rotatable bonds is 13. The second-order valence-corrected chi connectivity index (χ2v) is 8.89. The summed E-state index contributed by atoms with van der Waals surface area (Å²) >= 11 is 0. The van der Waals surface area contributed by atoms with Gasteiger partial charge in [0.25, 0.3) is 0 Å². The van der Waals surface area contributed by atoms with Gasteiger partial charge in [0, 0.05) is 44.5 Å². The first-order valence-electron chi connectivity index (χ1n) is 12.0. The molecule has 2 aliphatic rings. The fraction of sp³-hybridized carbons (Fsp3) is 0.826. The number of hydrogen-bond acceptors (Lipinski definition) is 5. The van der Waals surface area contributed by atoms with Crippen molar-refractivity contribution < 1.29 is 9.59 Å². The second-order valence-electron chi connectivity index (χ2n) is 8.89. The van der Waals surface area contributed by atoms with Gasteiger partial charge in [-0.15, -0.1) is 5.53 Å². The quantitative estimate of drug-likeness (QED) is 0.449. The Morgan fingerprint density at radius 1 is 1.07 bits per heavy atom. The first kappa shape index (κ1) is 24.5. The van der Waals surface area contributed by atoms with Crippen LogP contribution < -0.4 is 5.53 Å². The van der Waals surface area contributed by atoms with Gasteiger partial charge in [0.15, 0.2) is 0 Å². The largest absolute Gasteiger partial charge is 0.327 e. The molecule has 7 heteroatoms. The first-order chi connectivity index (χ1) is 14.4. The Morgan fingerprint density at radius 3 is 2.40 bits per heavy atom. The molecule has 30 heavy (non-hydrogen) atoms. The Bertz CT molecular complexity index is 592. The third-order valence-electron chi connectivity index (χ3n) is 6.06. The van der Waals surface area contributed by atoms with E-state index in [1.807, 2.05) is 11.8 Å². The van der Waals surface area contributed by atoms with E-state index in [1.54, 1.807) is 0 Å². The third kappa shape index (κ3) is 6.37. The van der Waals surface area contributed by atoms with Crippen LogP contribution in [0.4, 0.5) is 4.79 Å². The molecule has 2 rings (SSSR count). The van der Waals surface area contributed by atoms with E-state index in [4.69, 9.17) is 0 Å². The SMILES string of the molecule is CCCCN1C=C(CCCCN2C[C@H](C(C)C)N(C(=O)CC)C2=O)N(CCCC)N1. The molecule has 0 aromatic rings. The van der Waals surface area contributed by atoms with E-state index < -0.39 is 0 Å². The fourth-order valence-electron chi connectivity index (χ4n) is 4.10. The number of allylic oxidation sites excluding steroid dienone is 1. The summed E-state index contributed by atoms with van der Waals surface area (Å²) in [5.74, 6) is 0.229. The Hall–Kier alpha value is -1.76. The molecule has 0 aromatic carbocycles. The number of nitrogens with zero attached hydrogens (tertiary/aromatic N) is 4. The molecule has 1 atom stereocenters. The molecule has 1 N–H and O–H groups in total. The average Bonchev–Trinajstić information content (AvgIpc) is 3.28. The van der Waals surface area contributed by atoms with Crippen LogP contribution in [0, 0.1) is 5.92 Å². The first-order valence-corrected chi connectivity index (χ1v) is 12.0. The molecule has 0 radical (unpaired) electrons. The summed E-state index contributed by atoms with van der Waals surface area (Å²) in [6.07, 6.45) is 10.4. The van der Waals surface area contributed by atoms with Crippen molar-refractivity contribution in [2.75, 3.05) is 26.2 Å². The highest BCUT2D eigenvalue weighted by Gasteiger charge is 2.41. The molecule has 3 amide bonds. The van der Waals surface area contributed by atoms with Gasteiger partial charge in [-0.2, -0.15) is 0 Å². The van der Waals surface area contributed by atoms with Crippen LogP contribution in [0.25, 0.3) is 0 Å². The molecule has 0 aromatic heterocycles.